The maximum Gasteiger partial charge on any atom is 0.179 e. The SMILES string of the molecule is Cc1ccc(N)cc1S(=O)(=O)CCc1cccnc1. The van der Waals surface area contributed by atoms with Gasteiger partial charge >= 0.3 is 0 Å². The molecular formula is C14H16N2O2S. The first kappa shape index (κ1) is 13.5. The number of anilines is 1. The molecule has 2 aromatic rings. The summed E-state index contributed by atoms with van der Waals surface area (Å²) in [6.07, 6.45) is 3.80. The van der Waals surface area contributed by atoms with Crippen molar-refractivity contribution < 1.29 is 8.42 Å². The summed E-state index contributed by atoms with van der Waals surface area (Å²) in [7, 11) is -3.32. The van der Waals surface area contributed by atoms with Crippen LogP contribution in [0.3, 0.4) is 0 Å². The number of rotatable bonds is 4. The van der Waals surface area contributed by atoms with Crippen molar-refractivity contribution in [2.75, 3.05) is 11.5 Å². The van der Waals surface area contributed by atoms with Crippen molar-refractivity contribution in [3.8, 4) is 0 Å². The molecule has 0 radical (unpaired) electrons. The average molecular weight is 276 g/mol. The van der Waals surface area contributed by atoms with Crippen LogP contribution in [0.5, 0.6) is 0 Å². The van der Waals surface area contributed by atoms with Crippen LogP contribution in [-0.4, -0.2) is 19.2 Å². The van der Waals surface area contributed by atoms with Crippen LogP contribution in [0.4, 0.5) is 5.69 Å². The van der Waals surface area contributed by atoms with E-state index in [0.717, 1.165) is 11.1 Å². The Bertz CT molecular complexity index is 667. The van der Waals surface area contributed by atoms with Gasteiger partial charge in [0.2, 0.25) is 0 Å². The minimum Gasteiger partial charge on any atom is -0.399 e. The maximum atomic E-state index is 12.3. The molecule has 19 heavy (non-hydrogen) atoms. The van der Waals surface area contributed by atoms with E-state index in [9.17, 15) is 8.42 Å². The lowest BCUT2D eigenvalue weighted by molar-refractivity contribution is 0.594. The van der Waals surface area contributed by atoms with Gasteiger partial charge in [0, 0.05) is 18.1 Å². The van der Waals surface area contributed by atoms with Crippen LogP contribution < -0.4 is 5.73 Å². The predicted octanol–water partition coefficient (Wildman–Crippen LogP) is 1.99. The molecule has 1 heterocycles. The molecule has 0 saturated heterocycles. The third-order valence-corrected chi connectivity index (χ3v) is 4.78. The van der Waals surface area contributed by atoms with Crippen molar-refractivity contribution in [1.29, 1.82) is 0 Å². The Labute approximate surface area is 113 Å². The highest BCUT2D eigenvalue weighted by Gasteiger charge is 2.17. The molecule has 0 amide bonds. The molecule has 1 aromatic heterocycles. The molecule has 2 N–H and O–H groups in total. The Morgan fingerprint density at radius 1 is 1.26 bits per heavy atom. The summed E-state index contributed by atoms with van der Waals surface area (Å²) in [5.41, 5.74) is 7.75. The summed E-state index contributed by atoms with van der Waals surface area (Å²) < 4.78 is 24.6. The normalized spacial score (nSPS) is 11.4. The lowest BCUT2D eigenvalue weighted by atomic mass is 10.2. The van der Waals surface area contributed by atoms with Gasteiger partial charge in [-0.1, -0.05) is 12.1 Å². The van der Waals surface area contributed by atoms with Crippen LogP contribution in [0.2, 0.25) is 0 Å². The summed E-state index contributed by atoms with van der Waals surface area (Å²) in [6, 6.07) is 8.62. The monoisotopic (exact) mass is 276 g/mol. The first-order valence-corrected chi connectivity index (χ1v) is 7.62. The minimum absolute atomic E-state index is 0.0585. The second-order valence-electron chi connectivity index (χ2n) is 4.46. The fourth-order valence-electron chi connectivity index (χ4n) is 1.86. The number of hydrogen-bond donors (Lipinski definition) is 1. The van der Waals surface area contributed by atoms with Gasteiger partial charge in [0.15, 0.2) is 9.84 Å². The zero-order valence-electron chi connectivity index (χ0n) is 10.7. The number of aromatic nitrogens is 1. The van der Waals surface area contributed by atoms with Gasteiger partial charge < -0.3 is 5.73 Å². The van der Waals surface area contributed by atoms with Crippen LogP contribution in [0.1, 0.15) is 11.1 Å². The van der Waals surface area contributed by atoms with Gasteiger partial charge in [-0.05, 0) is 42.7 Å². The van der Waals surface area contributed by atoms with Gasteiger partial charge in [0.05, 0.1) is 10.6 Å². The van der Waals surface area contributed by atoms with Gasteiger partial charge in [-0.2, -0.15) is 0 Å². The maximum absolute atomic E-state index is 12.3. The van der Waals surface area contributed by atoms with E-state index < -0.39 is 9.84 Å². The number of nitrogen functional groups attached to an aromatic ring is 1. The number of hydrogen-bond acceptors (Lipinski definition) is 4. The first-order chi connectivity index (χ1) is 8.99. The summed E-state index contributed by atoms with van der Waals surface area (Å²) in [6.45, 7) is 1.77. The van der Waals surface area contributed by atoms with Crippen molar-refractivity contribution in [3.63, 3.8) is 0 Å². The van der Waals surface area contributed by atoms with Crippen molar-refractivity contribution in [2.24, 2.45) is 0 Å². The Morgan fingerprint density at radius 2 is 2.05 bits per heavy atom. The highest BCUT2D eigenvalue weighted by Crippen LogP contribution is 2.20. The summed E-state index contributed by atoms with van der Waals surface area (Å²) in [4.78, 5) is 4.29. The second kappa shape index (κ2) is 5.40. The lowest BCUT2D eigenvalue weighted by Crippen LogP contribution is -2.11. The van der Waals surface area contributed by atoms with Crippen molar-refractivity contribution in [3.05, 3.63) is 53.9 Å². The van der Waals surface area contributed by atoms with Gasteiger partial charge in [-0.15, -0.1) is 0 Å². The fourth-order valence-corrected chi connectivity index (χ4v) is 3.46. The van der Waals surface area contributed by atoms with Crippen LogP contribution in [-0.2, 0) is 16.3 Å². The van der Waals surface area contributed by atoms with Crippen molar-refractivity contribution in [1.82, 2.24) is 4.98 Å². The molecular weight excluding hydrogens is 260 g/mol. The third kappa shape index (κ3) is 3.32. The fraction of sp³-hybridized carbons (Fsp3) is 0.214. The number of benzene rings is 1. The molecule has 0 saturated carbocycles. The highest BCUT2D eigenvalue weighted by molar-refractivity contribution is 7.91. The summed E-state index contributed by atoms with van der Waals surface area (Å²) in [5.74, 6) is 0.0585. The quantitative estimate of drug-likeness (QED) is 0.867. The Morgan fingerprint density at radius 3 is 2.74 bits per heavy atom. The summed E-state index contributed by atoms with van der Waals surface area (Å²) in [5, 5.41) is 0. The highest BCUT2D eigenvalue weighted by atomic mass is 32.2. The Balaban J connectivity index is 2.21. The molecule has 0 aliphatic carbocycles. The van der Waals surface area contributed by atoms with Crippen LogP contribution in [0.15, 0.2) is 47.6 Å². The number of sulfone groups is 1. The van der Waals surface area contributed by atoms with Crippen molar-refractivity contribution in [2.45, 2.75) is 18.2 Å². The minimum atomic E-state index is -3.32. The van der Waals surface area contributed by atoms with E-state index in [4.69, 9.17) is 5.73 Å². The van der Waals surface area contributed by atoms with Gasteiger partial charge in [0.25, 0.3) is 0 Å². The Kier molecular flexibility index (Phi) is 3.85. The van der Waals surface area contributed by atoms with Crippen LogP contribution >= 0.6 is 0 Å². The topological polar surface area (TPSA) is 73.1 Å². The second-order valence-corrected chi connectivity index (χ2v) is 6.53. The first-order valence-electron chi connectivity index (χ1n) is 5.97. The van der Waals surface area contributed by atoms with E-state index in [0.29, 0.717) is 17.0 Å². The predicted molar refractivity (Wildman–Crippen MR) is 75.6 cm³/mol. The van der Waals surface area contributed by atoms with Gasteiger partial charge in [0.1, 0.15) is 0 Å². The number of pyridine rings is 1. The largest absolute Gasteiger partial charge is 0.399 e. The third-order valence-electron chi connectivity index (χ3n) is 2.93. The standard InChI is InChI=1S/C14H16N2O2S/c1-11-4-5-13(15)9-14(11)19(17,18)8-6-12-3-2-7-16-10-12/h2-5,7,9-10H,6,8,15H2,1H3. The lowest BCUT2D eigenvalue weighted by Gasteiger charge is -2.08. The average Bonchev–Trinajstić information content (AvgIpc) is 2.40. The molecule has 2 rings (SSSR count). The number of aryl methyl sites for hydroxylation is 2. The molecule has 4 nitrogen and oxygen atoms in total. The number of nitrogens with zero attached hydrogens (tertiary/aromatic N) is 1. The molecule has 0 unspecified atom stereocenters. The molecule has 0 atom stereocenters. The van der Waals surface area contributed by atoms with E-state index in [1.165, 1.54) is 6.07 Å². The zero-order chi connectivity index (χ0) is 13.9. The van der Waals surface area contributed by atoms with E-state index in [2.05, 4.69) is 4.98 Å². The van der Waals surface area contributed by atoms with E-state index in [1.807, 2.05) is 6.07 Å². The molecule has 0 bridgehead atoms. The molecule has 0 fully saturated rings. The molecule has 0 aliphatic rings. The van der Waals surface area contributed by atoms with Gasteiger partial charge in [-0.3, -0.25) is 4.98 Å². The van der Waals surface area contributed by atoms with E-state index >= 15 is 0 Å². The molecule has 0 aliphatic heterocycles. The zero-order valence-corrected chi connectivity index (χ0v) is 11.5. The smallest absolute Gasteiger partial charge is 0.179 e. The van der Waals surface area contributed by atoms with Crippen LogP contribution in [0, 0.1) is 6.92 Å². The molecule has 0 spiro atoms. The number of nitrogens with two attached hydrogens (primary N) is 1. The Hall–Kier alpha value is -1.88. The van der Waals surface area contributed by atoms with Crippen LogP contribution in [0.25, 0.3) is 0 Å². The molecule has 1 aromatic carbocycles. The van der Waals surface area contributed by atoms with E-state index in [1.54, 1.807) is 37.5 Å². The van der Waals surface area contributed by atoms with Gasteiger partial charge in [-0.25, -0.2) is 8.42 Å². The summed E-state index contributed by atoms with van der Waals surface area (Å²) >= 11 is 0. The molecule has 100 valence electrons. The van der Waals surface area contributed by atoms with E-state index in [-0.39, 0.29) is 5.75 Å². The molecule has 5 heteroatoms. The van der Waals surface area contributed by atoms with Crippen molar-refractivity contribution >= 4 is 15.5 Å².